The van der Waals surface area contributed by atoms with E-state index in [0.29, 0.717) is 5.52 Å². The molecule has 1 aliphatic rings. The van der Waals surface area contributed by atoms with Crippen LogP contribution in [0, 0.1) is 5.82 Å². The lowest BCUT2D eigenvalue weighted by molar-refractivity contribution is 0.0982. The third-order valence-electron chi connectivity index (χ3n) is 5.48. The number of hydrogen-bond donors (Lipinski definition) is 1. The van der Waals surface area contributed by atoms with Gasteiger partial charge in [0.25, 0.3) is 5.91 Å². The molecule has 1 fully saturated rings. The van der Waals surface area contributed by atoms with Gasteiger partial charge in [-0.25, -0.2) is 22.0 Å². The predicted molar refractivity (Wildman–Crippen MR) is 115 cm³/mol. The number of pyridine rings is 2. The van der Waals surface area contributed by atoms with Crippen LogP contribution in [0.1, 0.15) is 55.6 Å². The van der Waals surface area contributed by atoms with Gasteiger partial charge in [0.2, 0.25) is 10.0 Å². The Kier molecular flexibility index (Phi) is 5.20. The second-order valence-electron chi connectivity index (χ2n) is 8.61. The van der Waals surface area contributed by atoms with Crippen LogP contribution in [-0.2, 0) is 10.0 Å². The second-order valence-corrected chi connectivity index (χ2v) is 11.0. The molecule has 0 bridgehead atoms. The highest BCUT2D eigenvalue weighted by Gasteiger charge is 2.32. The number of carbonyl (C=O) groups is 1. The summed E-state index contributed by atoms with van der Waals surface area (Å²) >= 11 is 0. The van der Waals surface area contributed by atoms with Gasteiger partial charge in [0.15, 0.2) is 0 Å². The van der Waals surface area contributed by atoms with E-state index in [1.165, 1.54) is 43.7 Å². The van der Waals surface area contributed by atoms with Crippen molar-refractivity contribution in [1.82, 2.24) is 19.3 Å². The fourth-order valence-corrected chi connectivity index (χ4v) is 4.35. The van der Waals surface area contributed by atoms with Crippen LogP contribution in [-0.4, -0.2) is 40.2 Å². The van der Waals surface area contributed by atoms with Crippen molar-refractivity contribution in [3.05, 3.63) is 59.9 Å². The van der Waals surface area contributed by atoms with E-state index in [-0.39, 0.29) is 17.4 Å². The molecule has 3 aromatic heterocycles. The number of sulfonamides is 1. The number of hydrogen-bond acceptors (Lipinski definition) is 6. The van der Waals surface area contributed by atoms with E-state index in [4.69, 9.17) is 0 Å². The number of nitrogens with one attached hydrogen (secondary N) is 1. The maximum absolute atomic E-state index is 13.7. The predicted octanol–water partition coefficient (Wildman–Crippen LogP) is 3.07. The van der Waals surface area contributed by atoms with E-state index in [1.807, 2.05) is 6.07 Å². The smallest absolute Gasteiger partial charge is 0.268 e. The highest BCUT2D eigenvalue weighted by molar-refractivity contribution is 7.91. The van der Waals surface area contributed by atoms with Gasteiger partial charge in [-0.05, 0) is 57.4 Å². The van der Waals surface area contributed by atoms with E-state index < -0.39 is 20.7 Å². The number of aromatic nitrogens is 3. The molecular formula is C21H24FN5O3S. The average Bonchev–Trinajstić information content (AvgIpc) is 3.33. The zero-order valence-corrected chi connectivity index (χ0v) is 18.4. The molecular weight excluding hydrogens is 421 g/mol. The third kappa shape index (κ3) is 3.99. The van der Waals surface area contributed by atoms with E-state index in [0.717, 1.165) is 30.6 Å². The molecule has 31 heavy (non-hydrogen) atoms. The molecule has 0 radical (unpaired) electrons. The molecule has 0 aliphatic carbocycles. The molecule has 1 unspecified atom stereocenters. The summed E-state index contributed by atoms with van der Waals surface area (Å²) in [5.41, 5.74) is 2.28. The Morgan fingerprint density at radius 1 is 1.23 bits per heavy atom. The normalized spacial score (nSPS) is 17.3. The fraction of sp³-hybridized carbons (Fsp3) is 0.381. The molecule has 4 rings (SSSR count). The minimum Gasteiger partial charge on any atom is -0.364 e. The van der Waals surface area contributed by atoms with Gasteiger partial charge in [-0.1, -0.05) is 0 Å². The molecule has 1 saturated heterocycles. The molecule has 0 spiro atoms. The van der Waals surface area contributed by atoms with Crippen molar-refractivity contribution >= 4 is 27.1 Å². The fourth-order valence-electron chi connectivity index (χ4n) is 3.69. The van der Waals surface area contributed by atoms with Crippen LogP contribution < -0.4 is 9.62 Å². The van der Waals surface area contributed by atoms with Crippen molar-refractivity contribution in [3.63, 3.8) is 0 Å². The van der Waals surface area contributed by atoms with Gasteiger partial charge in [0.1, 0.15) is 5.82 Å². The second kappa shape index (κ2) is 7.60. The van der Waals surface area contributed by atoms with E-state index >= 15 is 0 Å². The van der Waals surface area contributed by atoms with Crippen molar-refractivity contribution < 1.29 is 17.6 Å². The maximum atomic E-state index is 13.7. The van der Waals surface area contributed by atoms with Crippen LogP contribution in [0.3, 0.4) is 0 Å². The molecule has 164 valence electrons. The average molecular weight is 446 g/mol. The molecule has 8 nitrogen and oxygen atoms in total. The Balaban J connectivity index is 1.68. The number of halogens is 1. The van der Waals surface area contributed by atoms with Crippen molar-refractivity contribution in [1.29, 1.82) is 0 Å². The van der Waals surface area contributed by atoms with Crippen molar-refractivity contribution in [3.8, 4) is 0 Å². The summed E-state index contributed by atoms with van der Waals surface area (Å²) < 4.78 is 41.0. The van der Waals surface area contributed by atoms with Crippen LogP contribution in [0.25, 0.3) is 5.52 Å². The van der Waals surface area contributed by atoms with Gasteiger partial charge < -0.3 is 4.90 Å². The lowest BCUT2D eigenvalue weighted by Crippen LogP contribution is -2.42. The largest absolute Gasteiger partial charge is 0.364 e. The first kappa shape index (κ1) is 21.2. The molecule has 0 saturated carbocycles. The lowest BCUT2D eigenvalue weighted by Gasteiger charge is -2.27. The summed E-state index contributed by atoms with van der Waals surface area (Å²) in [5, 5.41) is 4.17. The molecule has 1 amide bonds. The summed E-state index contributed by atoms with van der Waals surface area (Å²) in [6, 6.07) is 5.13. The molecule has 3 aromatic rings. The van der Waals surface area contributed by atoms with Crippen LogP contribution in [0.5, 0.6) is 0 Å². The van der Waals surface area contributed by atoms with Gasteiger partial charge >= 0.3 is 0 Å². The van der Waals surface area contributed by atoms with Crippen molar-refractivity contribution in [2.24, 2.45) is 0 Å². The van der Waals surface area contributed by atoms with Crippen LogP contribution in [0.15, 0.2) is 43.0 Å². The molecule has 10 heteroatoms. The maximum Gasteiger partial charge on any atom is 0.268 e. The summed E-state index contributed by atoms with van der Waals surface area (Å²) in [6.07, 6.45) is 7.70. The number of carbonyl (C=O) groups excluding carboxylic acids is 1. The van der Waals surface area contributed by atoms with Crippen molar-refractivity contribution in [2.75, 3.05) is 11.4 Å². The van der Waals surface area contributed by atoms with Gasteiger partial charge in [-0.3, -0.25) is 9.78 Å². The number of amides is 1. The first-order chi connectivity index (χ1) is 14.6. The first-order valence-corrected chi connectivity index (χ1v) is 11.5. The molecule has 1 N–H and O–H groups in total. The van der Waals surface area contributed by atoms with E-state index in [2.05, 4.69) is 19.7 Å². The SMILES string of the molecule is CC(C)(C)S(=O)(=O)NC(=O)c1cnn2ccc(N3CCCC3c3cncc(F)c3)cc12. The van der Waals surface area contributed by atoms with E-state index in [9.17, 15) is 17.6 Å². The number of rotatable bonds is 4. The topological polar surface area (TPSA) is 96.7 Å². The number of anilines is 1. The Hall–Kier alpha value is -3.01. The van der Waals surface area contributed by atoms with Crippen LogP contribution in [0.4, 0.5) is 10.1 Å². The zero-order valence-electron chi connectivity index (χ0n) is 17.5. The summed E-state index contributed by atoms with van der Waals surface area (Å²) in [7, 11) is -3.86. The third-order valence-corrected chi connectivity index (χ3v) is 7.54. The van der Waals surface area contributed by atoms with Gasteiger partial charge in [-0.15, -0.1) is 0 Å². The Bertz CT molecular complexity index is 1250. The standard InChI is InChI=1S/C21H24FN5O3S/c1-21(2,3)31(29,30)25-20(28)17-13-24-27-8-6-16(10-19(17)27)26-7-4-5-18(26)14-9-15(22)12-23-11-14/h6,8-13,18H,4-5,7H2,1-3H3,(H,25,28). The van der Waals surface area contributed by atoms with Gasteiger partial charge in [-0.2, -0.15) is 5.10 Å². The Morgan fingerprint density at radius 2 is 2.00 bits per heavy atom. The van der Waals surface area contributed by atoms with Gasteiger partial charge in [0, 0.05) is 24.6 Å². The monoisotopic (exact) mass is 445 g/mol. The summed E-state index contributed by atoms with van der Waals surface area (Å²) in [5.74, 6) is -1.11. The van der Waals surface area contributed by atoms with Crippen molar-refractivity contribution in [2.45, 2.75) is 44.4 Å². The summed E-state index contributed by atoms with van der Waals surface area (Å²) in [4.78, 5) is 18.8. The number of fused-ring (bicyclic) bond motifs is 1. The highest BCUT2D eigenvalue weighted by Crippen LogP contribution is 2.36. The van der Waals surface area contributed by atoms with Crippen LogP contribution >= 0.6 is 0 Å². The molecule has 0 aromatic carbocycles. The van der Waals surface area contributed by atoms with Gasteiger partial charge in [0.05, 0.1) is 34.3 Å². The molecule has 1 aliphatic heterocycles. The number of nitrogens with zero attached hydrogens (tertiary/aromatic N) is 4. The molecule has 4 heterocycles. The van der Waals surface area contributed by atoms with Crippen LogP contribution in [0.2, 0.25) is 0 Å². The highest BCUT2D eigenvalue weighted by atomic mass is 32.2. The first-order valence-electron chi connectivity index (χ1n) is 9.98. The Morgan fingerprint density at radius 3 is 2.71 bits per heavy atom. The minimum atomic E-state index is -3.86. The summed E-state index contributed by atoms with van der Waals surface area (Å²) in [6.45, 7) is 5.33. The van der Waals surface area contributed by atoms with E-state index in [1.54, 1.807) is 18.5 Å². The minimum absolute atomic E-state index is 0.0351. The molecule has 1 atom stereocenters. The quantitative estimate of drug-likeness (QED) is 0.663. The Labute approximate surface area is 180 Å². The zero-order chi connectivity index (χ0) is 22.4. The lowest BCUT2D eigenvalue weighted by atomic mass is 10.1.